The first-order valence-electron chi connectivity index (χ1n) is 7.41. The number of thiazole rings is 2. The van der Waals surface area contributed by atoms with Gasteiger partial charge in [-0.05, 0) is 50.6 Å². The number of rotatable bonds is 5. The van der Waals surface area contributed by atoms with Gasteiger partial charge in [0.15, 0.2) is 0 Å². The highest BCUT2D eigenvalue weighted by Crippen LogP contribution is 2.32. The Hall–Kier alpha value is -1.29. The molecule has 0 fully saturated rings. The minimum absolute atomic E-state index is 0. The van der Waals surface area contributed by atoms with Crippen molar-refractivity contribution in [1.82, 2.24) is 9.97 Å². The molecule has 3 aromatic rings. The SMILES string of the molecule is Br.Br.COc1ccc(C(C)=NNc2nc(-c3sc(C)nc3C)cs2)cc1. The first kappa shape index (κ1) is 22.8. The van der Waals surface area contributed by atoms with Crippen LogP contribution in [-0.4, -0.2) is 22.8 Å². The number of halogens is 2. The number of hydrazone groups is 1. The molecule has 0 aliphatic rings. The molecule has 0 aliphatic heterocycles. The molecule has 5 nitrogen and oxygen atoms in total. The fourth-order valence-corrected chi connectivity index (χ4v) is 3.83. The Bertz CT molecular complexity index is 875. The lowest BCUT2D eigenvalue weighted by Crippen LogP contribution is -1.99. The molecule has 0 unspecified atom stereocenters. The first-order chi connectivity index (χ1) is 11.6. The summed E-state index contributed by atoms with van der Waals surface area (Å²) >= 11 is 3.20. The molecule has 140 valence electrons. The summed E-state index contributed by atoms with van der Waals surface area (Å²) in [4.78, 5) is 10.2. The van der Waals surface area contributed by atoms with Crippen LogP contribution in [0, 0.1) is 13.8 Å². The molecule has 0 radical (unpaired) electrons. The van der Waals surface area contributed by atoms with Gasteiger partial charge >= 0.3 is 0 Å². The lowest BCUT2D eigenvalue weighted by atomic mass is 10.1. The average molecular weight is 520 g/mol. The molecular weight excluding hydrogens is 500 g/mol. The van der Waals surface area contributed by atoms with Crippen LogP contribution in [0.25, 0.3) is 10.6 Å². The molecule has 0 atom stereocenters. The fraction of sp³-hybridized carbons (Fsp3) is 0.235. The Morgan fingerprint density at radius 3 is 2.38 bits per heavy atom. The van der Waals surface area contributed by atoms with E-state index in [-0.39, 0.29) is 34.0 Å². The largest absolute Gasteiger partial charge is 0.497 e. The molecule has 9 heteroatoms. The number of hydrogen-bond donors (Lipinski definition) is 1. The zero-order valence-corrected chi connectivity index (χ0v) is 19.8. The van der Waals surface area contributed by atoms with Gasteiger partial charge in [-0.2, -0.15) is 5.10 Å². The summed E-state index contributed by atoms with van der Waals surface area (Å²) in [6, 6.07) is 7.81. The van der Waals surface area contributed by atoms with Crippen LogP contribution < -0.4 is 10.2 Å². The summed E-state index contributed by atoms with van der Waals surface area (Å²) in [5.41, 5.74) is 6.93. The summed E-state index contributed by atoms with van der Waals surface area (Å²) in [5.74, 6) is 0.833. The van der Waals surface area contributed by atoms with Gasteiger partial charge in [0.2, 0.25) is 5.13 Å². The van der Waals surface area contributed by atoms with Gasteiger partial charge < -0.3 is 4.74 Å². The zero-order chi connectivity index (χ0) is 17.1. The minimum Gasteiger partial charge on any atom is -0.497 e. The summed E-state index contributed by atoms with van der Waals surface area (Å²) < 4.78 is 5.17. The van der Waals surface area contributed by atoms with E-state index in [1.807, 2.05) is 50.4 Å². The molecule has 0 saturated carbocycles. The van der Waals surface area contributed by atoms with Gasteiger partial charge in [-0.1, -0.05) is 0 Å². The van der Waals surface area contributed by atoms with Crippen LogP contribution in [0.2, 0.25) is 0 Å². The maximum Gasteiger partial charge on any atom is 0.203 e. The van der Waals surface area contributed by atoms with Crippen LogP contribution in [0.1, 0.15) is 23.2 Å². The Morgan fingerprint density at radius 2 is 1.81 bits per heavy atom. The number of benzene rings is 1. The van der Waals surface area contributed by atoms with Crippen LogP contribution in [0.4, 0.5) is 5.13 Å². The van der Waals surface area contributed by atoms with Crippen molar-refractivity contribution in [2.24, 2.45) is 5.10 Å². The van der Waals surface area contributed by atoms with E-state index in [1.165, 1.54) is 11.3 Å². The molecule has 0 spiro atoms. The lowest BCUT2D eigenvalue weighted by molar-refractivity contribution is 0.415. The number of hydrogen-bond acceptors (Lipinski definition) is 7. The minimum atomic E-state index is 0. The Labute approximate surface area is 182 Å². The summed E-state index contributed by atoms with van der Waals surface area (Å²) in [6.45, 7) is 5.98. The maximum atomic E-state index is 5.17. The van der Waals surface area contributed by atoms with Gasteiger partial charge in [0.1, 0.15) is 5.75 Å². The predicted molar refractivity (Wildman–Crippen MR) is 122 cm³/mol. The van der Waals surface area contributed by atoms with Gasteiger partial charge in [0.25, 0.3) is 0 Å². The van der Waals surface area contributed by atoms with Crippen LogP contribution in [0.15, 0.2) is 34.7 Å². The molecule has 1 aromatic carbocycles. The molecular formula is C17H20Br2N4OS2. The smallest absolute Gasteiger partial charge is 0.203 e. The molecule has 2 aromatic heterocycles. The second kappa shape index (κ2) is 10.1. The van der Waals surface area contributed by atoms with Crippen molar-refractivity contribution in [3.8, 4) is 16.3 Å². The lowest BCUT2D eigenvalue weighted by Gasteiger charge is -2.03. The number of nitrogens with one attached hydrogen (secondary N) is 1. The molecule has 0 saturated heterocycles. The van der Waals surface area contributed by atoms with Crippen LogP contribution in [-0.2, 0) is 0 Å². The molecule has 26 heavy (non-hydrogen) atoms. The van der Waals surface area contributed by atoms with Gasteiger partial charge in [-0.3, -0.25) is 5.43 Å². The number of aromatic nitrogens is 2. The summed E-state index contributed by atoms with van der Waals surface area (Å²) in [7, 11) is 1.66. The second-order valence-electron chi connectivity index (χ2n) is 5.22. The van der Waals surface area contributed by atoms with Gasteiger partial charge in [-0.25, -0.2) is 9.97 Å². The van der Waals surface area contributed by atoms with Crippen molar-refractivity contribution < 1.29 is 4.74 Å². The molecule has 1 N–H and O–H groups in total. The number of ether oxygens (including phenoxy) is 1. The average Bonchev–Trinajstić information content (AvgIpc) is 3.18. The topological polar surface area (TPSA) is 59.4 Å². The quantitative estimate of drug-likeness (QED) is 0.337. The van der Waals surface area contributed by atoms with Crippen LogP contribution >= 0.6 is 56.6 Å². The van der Waals surface area contributed by atoms with E-state index in [0.29, 0.717) is 0 Å². The maximum absolute atomic E-state index is 5.17. The molecule has 2 heterocycles. The van der Waals surface area contributed by atoms with Gasteiger partial charge in [0.05, 0.1) is 34.1 Å². The van der Waals surface area contributed by atoms with Crippen LogP contribution in [0.5, 0.6) is 5.75 Å². The highest BCUT2D eigenvalue weighted by atomic mass is 79.9. The van der Waals surface area contributed by atoms with Crippen LogP contribution in [0.3, 0.4) is 0 Å². The van der Waals surface area contributed by atoms with E-state index >= 15 is 0 Å². The van der Waals surface area contributed by atoms with Gasteiger partial charge in [-0.15, -0.1) is 56.6 Å². The highest BCUT2D eigenvalue weighted by Gasteiger charge is 2.11. The van der Waals surface area contributed by atoms with Crippen molar-refractivity contribution in [3.05, 3.63) is 45.9 Å². The van der Waals surface area contributed by atoms with Gasteiger partial charge in [0, 0.05) is 5.38 Å². The Balaban J connectivity index is 0.00000169. The Morgan fingerprint density at radius 1 is 1.12 bits per heavy atom. The van der Waals surface area contributed by atoms with Crippen molar-refractivity contribution in [2.45, 2.75) is 20.8 Å². The third-order valence-electron chi connectivity index (χ3n) is 3.47. The summed E-state index contributed by atoms with van der Waals surface area (Å²) in [5, 5.41) is 8.27. The van der Waals surface area contributed by atoms with Crippen molar-refractivity contribution in [1.29, 1.82) is 0 Å². The number of nitrogens with zero attached hydrogens (tertiary/aromatic N) is 3. The molecule has 0 amide bonds. The van der Waals surface area contributed by atoms with E-state index in [4.69, 9.17) is 4.74 Å². The third kappa shape index (κ3) is 5.35. The first-order valence-corrected chi connectivity index (χ1v) is 9.11. The zero-order valence-electron chi connectivity index (χ0n) is 14.8. The van der Waals surface area contributed by atoms with Crippen molar-refractivity contribution in [2.75, 3.05) is 12.5 Å². The normalized spacial score (nSPS) is 10.7. The van der Waals surface area contributed by atoms with E-state index < -0.39 is 0 Å². The van der Waals surface area contributed by atoms with E-state index in [9.17, 15) is 0 Å². The summed E-state index contributed by atoms with van der Waals surface area (Å²) in [6.07, 6.45) is 0. The fourth-order valence-electron chi connectivity index (χ4n) is 2.23. The Kier molecular flexibility index (Phi) is 8.88. The highest BCUT2D eigenvalue weighted by molar-refractivity contribution is 8.93. The third-order valence-corrected chi connectivity index (χ3v) is 5.31. The predicted octanol–water partition coefficient (Wildman–Crippen LogP) is 5.88. The number of methoxy groups -OCH3 is 1. The van der Waals surface area contributed by atoms with E-state index in [2.05, 4.69) is 20.5 Å². The van der Waals surface area contributed by atoms with E-state index in [1.54, 1.807) is 18.4 Å². The molecule has 0 aliphatic carbocycles. The van der Waals surface area contributed by atoms with Crippen molar-refractivity contribution >= 4 is 67.5 Å². The monoisotopic (exact) mass is 518 g/mol. The number of aryl methyl sites for hydroxylation is 2. The second-order valence-corrected chi connectivity index (χ2v) is 7.28. The molecule has 3 rings (SSSR count). The standard InChI is InChI=1S/C17H18N4OS2.2BrH/c1-10(13-5-7-14(22-4)8-6-13)20-21-17-19-15(9-23-17)16-11(2)18-12(3)24-16;;/h5-9H,1-4H3,(H,19,21);2*1H. The van der Waals surface area contributed by atoms with Crippen molar-refractivity contribution in [3.63, 3.8) is 0 Å². The van der Waals surface area contributed by atoms with E-state index in [0.717, 1.165) is 43.4 Å². The number of anilines is 1. The molecule has 0 bridgehead atoms.